The quantitative estimate of drug-likeness (QED) is 0.447. The molecule has 2 aromatic rings. The highest BCUT2D eigenvalue weighted by Crippen LogP contribution is 2.22. The molecule has 0 unspecified atom stereocenters. The van der Waals surface area contributed by atoms with E-state index < -0.39 is 26.0 Å². The van der Waals surface area contributed by atoms with Crippen molar-refractivity contribution in [2.75, 3.05) is 11.9 Å². The lowest BCUT2D eigenvalue weighted by atomic mass is 10.2. The van der Waals surface area contributed by atoms with Gasteiger partial charge in [-0.15, -0.1) is 6.58 Å². The lowest BCUT2D eigenvalue weighted by molar-refractivity contribution is 0.102. The van der Waals surface area contributed by atoms with E-state index in [0.717, 1.165) is 0 Å². The normalized spacial score (nSPS) is 12.0. The van der Waals surface area contributed by atoms with Crippen molar-refractivity contribution in [3.63, 3.8) is 0 Å². The smallest absolute Gasteiger partial charge is 0.257 e. The number of nitrogens with one attached hydrogen (secondary N) is 3. The van der Waals surface area contributed by atoms with Crippen molar-refractivity contribution in [2.24, 2.45) is 0 Å². The van der Waals surface area contributed by atoms with Crippen LogP contribution in [0.2, 0.25) is 5.02 Å². The molecule has 0 atom stereocenters. The van der Waals surface area contributed by atoms with E-state index in [4.69, 9.17) is 11.6 Å². The maximum absolute atomic E-state index is 12.6. The predicted octanol–water partition coefficient (Wildman–Crippen LogP) is 2.88. The lowest BCUT2D eigenvalue weighted by Crippen LogP contribution is -2.30. The first kappa shape index (κ1) is 25.0. The van der Waals surface area contributed by atoms with Gasteiger partial charge in [0.2, 0.25) is 20.0 Å². The summed E-state index contributed by atoms with van der Waals surface area (Å²) in [5.74, 6) is -0.816. The molecule has 0 aromatic heterocycles. The largest absolute Gasteiger partial charge is 0.322 e. The zero-order chi connectivity index (χ0) is 23.2. The van der Waals surface area contributed by atoms with Crippen LogP contribution in [0.5, 0.6) is 0 Å². The molecule has 0 aliphatic rings. The zero-order valence-electron chi connectivity index (χ0n) is 17.1. The fourth-order valence-corrected chi connectivity index (χ4v) is 5.15. The fraction of sp³-hybridized carbons (Fsp3) is 0.250. The van der Waals surface area contributed by atoms with E-state index in [-0.39, 0.29) is 33.8 Å². The summed E-state index contributed by atoms with van der Waals surface area (Å²) >= 11 is 6.10. The minimum Gasteiger partial charge on any atom is -0.322 e. The van der Waals surface area contributed by atoms with Gasteiger partial charge < -0.3 is 5.32 Å². The maximum Gasteiger partial charge on any atom is 0.257 e. The van der Waals surface area contributed by atoms with Crippen LogP contribution in [0.3, 0.4) is 0 Å². The minimum atomic E-state index is -3.79. The van der Waals surface area contributed by atoms with Gasteiger partial charge in [0.25, 0.3) is 5.91 Å². The number of anilines is 1. The lowest BCUT2D eigenvalue weighted by Gasteiger charge is -2.12. The van der Waals surface area contributed by atoms with Crippen LogP contribution in [0, 0.1) is 0 Å². The van der Waals surface area contributed by atoms with Crippen LogP contribution in [0.15, 0.2) is 60.0 Å². The van der Waals surface area contributed by atoms with Crippen LogP contribution in [0.25, 0.3) is 0 Å². The van der Waals surface area contributed by atoms with E-state index in [1.54, 1.807) is 38.1 Å². The van der Waals surface area contributed by atoms with Gasteiger partial charge in [0, 0.05) is 18.3 Å². The maximum atomic E-state index is 12.6. The van der Waals surface area contributed by atoms with E-state index in [9.17, 15) is 21.6 Å². The molecule has 3 N–H and O–H groups in total. The van der Waals surface area contributed by atoms with Gasteiger partial charge in [0.05, 0.1) is 21.2 Å². The van der Waals surface area contributed by atoms with Crippen molar-refractivity contribution in [1.82, 2.24) is 9.44 Å². The Morgan fingerprint density at radius 1 is 1.10 bits per heavy atom. The number of carbonyl (C=O) groups excluding carboxylic acids is 1. The van der Waals surface area contributed by atoms with Crippen LogP contribution in [0.1, 0.15) is 29.8 Å². The zero-order valence-corrected chi connectivity index (χ0v) is 19.4. The fourth-order valence-electron chi connectivity index (χ4n) is 2.56. The van der Waals surface area contributed by atoms with Crippen LogP contribution >= 0.6 is 11.6 Å². The van der Waals surface area contributed by atoms with Gasteiger partial charge in [-0.05, 0) is 49.7 Å². The number of carbonyl (C=O) groups is 1. The monoisotopic (exact) mass is 485 g/mol. The second kappa shape index (κ2) is 10.4. The first-order chi connectivity index (χ1) is 14.4. The van der Waals surface area contributed by atoms with E-state index >= 15 is 0 Å². The third kappa shape index (κ3) is 7.44. The molecule has 0 bridgehead atoms. The molecular formula is C20H24ClN3O5S2. The van der Waals surface area contributed by atoms with Crippen molar-refractivity contribution < 1.29 is 21.6 Å². The van der Waals surface area contributed by atoms with Gasteiger partial charge >= 0.3 is 0 Å². The van der Waals surface area contributed by atoms with Crippen molar-refractivity contribution in [1.29, 1.82) is 0 Å². The average molecular weight is 486 g/mol. The molecule has 1 amide bonds. The third-order valence-electron chi connectivity index (χ3n) is 3.90. The molecule has 0 aliphatic heterocycles. The predicted molar refractivity (Wildman–Crippen MR) is 122 cm³/mol. The average Bonchev–Trinajstić information content (AvgIpc) is 2.67. The van der Waals surface area contributed by atoms with Crippen LogP contribution in [0.4, 0.5) is 5.69 Å². The summed E-state index contributed by atoms with van der Waals surface area (Å²) in [6.07, 6.45) is 1.44. The summed E-state index contributed by atoms with van der Waals surface area (Å²) in [7, 11) is -7.29. The molecule has 2 aromatic carbocycles. The number of sulfonamides is 2. The Morgan fingerprint density at radius 2 is 1.74 bits per heavy atom. The van der Waals surface area contributed by atoms with E-state index in [1.807, 2.05) is 0 Å². The van der Waals surface area contributed by atoms with E-state index in [2.05, 4.69) is 21.3 Å². The van der Waals surface area contributed by atoms with Gasteiger partial charge in [0.15, 0.2) is 0 Å². The molecular weight excluding hydrogens is 462 g/mol. The summed E-state index contributed by atoms with van der Waals surface area (Å²) < 4.78 is 53.4. The molecule has 0 spiro atoms. The summed E-state index contributed by atoms with van der Waals surface area (Å²) in [6, 6.07) is 9.78. The Morgan fingerprint density at radius 3 is 2.32 bits per heavy atom. The molecule has 168 valence electrons. The third-order valence-corrected chi connectivity index (χ3v) is 7.21. The summed E-state index contributed by atoms with van der Waals surface area (Å²) in [4.78, 5) is 12.6. The Labute approximate surface area is 187 Å². The molecule has 2 rings (SSSR count). The summed E-state index contributed by atoms with van der Waals surface area (Å²) in [6.45, 7) is 6.97. The van der Waals surface area contributed by atoms with Gasteiger partial charge in [-0.25, -0.2) is 26.3 Å². The van der Waals surface area contributed by atoms with Crippen LogP contribution in [-0.4, -0.2) is 35.3 Å². The second-order valence-corrected chi connectivity index (χ2v) is 10.9. The van der Waals surface area contributed by atoms with Gasteiger partial charge in [-0.2, -0.15) is 0 Å². The SMILES string of the molecule is C=CCNS(=O)(=O)Cc1ccc(NC(=O)c2cc(S(=O)(=O)NC(C)C)ccc2Cl)cc1. The van der Waals surface area contributed by atoms with Crippen molar-refractivity contribution in [3.05, 3.63) is 71.3 Å². The minimum absolute atomic E-state index is 0.00595. The first-order valence-electron chi connectivity index (χ1n) is 9.24. The molecule has 0 saturated carbocycles. The summed E-state index contributed by atoms with van der Waals surface area (Å²) in [5, 5.41) is 2.72. The molecule has 11 heteroatoms. The van der Waals surface area contributed by atoms with E-state index in [0.29, 0.717) is 11.3 Å². The Balaban J connectivity index is 2.17. The van der Waals surface area contributed by atoms with Gasteiger partial charge in [-0.3, -0.25) is 4.79 Å². The molecule has 0 heterocycles. The molecule has 0 fully saturated rings. The van der Waals surface area contributed by atoms with Crippen LogP contribution < -0.4 is 14.8 Å². The number of benzene rings is 2. The van der Waals surface area contributed by atoms with Gasteiger partial charge in [0.1, 0.15) is 0 Å². The number of rotatable bonds is 10. The highest BCUT2D eigenvalue weighted by atomic mass is 35.5. The molecule has 31 heavy (non-hydrogen) atoms. The van der Waals surface area contributed by atoms with Crippen molar-refractivity contribution in [3.8, 4) is 0 Å². The number of hydrogen-bond acceptors (Lipinski definition) is 5. The number of hydrogen-bond donors (Lipinski definition) is 3. The Kier molecular flexibility index (Phi) is 8.38. The molecule has 0 radical (unpaired) electrons. The first-order valence-corrected chi connectivity index (χ1v) is 12.8. The highest BCUT2D eigenvalue weighted by Gasteiger charge is 2.20. The number of halogens is 1. The standard InChI is InChI=1S/C20H24ClN3O5S2/c1-4-11-22-30(26,27)13-15-5-7-16(8-6-15)23-20(25)18-12-17(9-10-19(18)21)31(28,29)24-14(2)3/h4-10,12,14,22,24H,1,11,13H2,2-3H3,(H,23,25). The Hall–Kier alpha value is -2.24. The second-order valence-electron chi connectivity index (χ2n) is 6.96. The number of amides is 1. The van der Waals surface area contributed by atoms with Crippen molar-refractivity contribution >= 4 is 43.2 Å². The highest BCUT2D eigenvalue weighted by molar-refractivity contribution is 7.89. The van der Waals surface area contributed by atoms with Gasteiger partial charge in [-0.1, -0.05) is 29.8 Å². The molecule has 0 aliphatic carbocycles. The van der Waals surface area contributed by atoms with Crippen molar-refractivity contribution in [2.45, 2.75) is 30.5 Å². The topological polar surface area (TPSA) is 121 Å². The van der Waals surface area contributed by atoms with E-state index in [1.165, 1.54) is 24.3 Å². The summed E-state index contributed by atoms with van der Waals surface area (Å²) in [5.41, 5.74) is 0.920. The Bertz CT molecular complexity index is 1160. The van der Waals surface area contributed by atoms with Crippen LogP contribution in [-0.2, 0) is 25.8 Å². The molecule has 0 saturated heterocycles. The molecule has 8 nitrogen and oxygen atoms in total.